The van der Waals surface area contributed by atoms with E-state index in [0.717, 1.165) is 25.7 Å². The summed E-state index contributed by atoms with van der Waals surface area (Å²) in [6, 6.07) is 0. The predicted molar refractivity (Wildman–Crippen MR) is 155 cm³/mol. The van der Waals surface area contributed by atoms with Crippen molar-refractivity contribution in [1.29, 1.82) is 0 Å². The van der Waals surface area contributed by atoms with Gasteiger partial charge in [0.1, 0.15) is 0 Å². The zero-order valence-corrected chi connectivity index (χ0v) is 24.0. The Bertz CT molecular complexity index is 455. The second-order valence-electron chi connectivity index (χ2n) is 10.7. The highest BCUT2D eigenvalue weighted by molar-refractivity contribution is 6.00. The van der Waals surface area contributed by atoms with Crippen LogP contribution >= 0.6 is 0 Å². The van der Waals surface area contributed by atoms with E-state index in [0.29, 0.717) is 0 Å². The van der Waals surface area contributed by atoms with Gasteiger partial charge in [-0.25, -0.2) is 0 Å². The summed E-state index contributed by atoms with van der Waals surface area (Å²) < 4.78 is 0. The van der Waals surface area contributed by atoms with Crippen LogP contribution in [0.4, 0.5) is 0 Å². The molecule has 0 rings (SSSR count). The van der Waals surface area contributed by atoms with Gasteiger partial charge in [0, 0.05) is 0 Å². The summed E-state index contributed by atoms with van der Waals surface area (Å²) in [5.41, 5.74) is 2.83. The molecular formula is C33H62O. The van der Waals surface area contributed by atoms with E-state index in [4.69, 9.17) is 0 Å². The molecule has 0 bridgehead atoms. The zero-order chi connectivity index (χ0) is 25.1. The van der Waals surface area contributed by atoms with Gasteiger partial charge < -0.3 is 0 Å². The first kappa shape index (κ1) is 33.1. The van der Waals surface area contributed by atoms with E-state index in [9.17, 15) is 4.79 Å². The molecule has 1 heteroatoms. The van der Waals surface area contributed by atoms with Gasteiger partial charge in [-0.15, -0.1) is 0 Å². The summed E-state index contributed by atoms with van der Waals surface area (Å²) in [7, 11) is 0. The maximum atomic E-state index is 13.0. The number of ketones is 1. The van der Waals surface area contributed by atoms with Gasteiger partial charge in [-0.05, 0) is 63.5 Å². The number of unbranched alkanes of at least 4 members (excludes halogenated alkanes) is 16. The van der Waals surface area contributed by atoms with Crippen LogP contribution in [-0.2, 0) is 4.79 Å². The minimum Gasteiger partial charge on any atom is -0.290 e. The van der Waals surface area contributed by atoms with Crippen molar-refractivity contribution in [2.24, 2.45) is 0 Å². The van der Waals surface area contributed by atoms with Crippen LogP contribution in [0.2, 0.25) is 0 Å². The van der Waals surface area contributed by atoms with Crippen molar-refractivity contribution in [3.8, 4) is 0 Å². The third kappa shape index (κ3) is 22.9. The Morgan fingerprint density at radius 1 is 0.382 bits per heavy atom. The van der Waals surface area contributed by atoms with Gasteiger partial charge in [-0.3, -0.25) is 4.79 Å². The Morgan fingerprint density at radius 2 is 0.618 bits per heavy atom. The van der Waals surface area contributed by atoms with Crippen LogP contribution in [0.25, 0.3) is 0 Å². The first-order valence-electron chi connectivity index (χ1n) is 15.6. The molecular weight excluding hydrogens is 412 g/mol. The van der Waals surface area contributed by atoms with E-state index < -0.39 is 0 Å². The number of carbonyl (C=O) groups excluding carboxylic acids is 1. The highest BCUT2D eigenvalue weighted by Gasteiger charge is 2.06. The summed E-state index contributed by atoms with van der Waals surface area (Å²) in [6.45, 7) is 9.10. The maximum Gasteiger partial charge on any atom is 0.178 e. The van der Waals surface area contributed by atoms with Crippen molar-refractivity contribution in [1.82, 2.24) is 0 Å². The van der Waals surface area contributed by atoms with E-state index in [1.165, 1.54) is 140 Å². The lowest BCUT2D eigenvalue weighted by molar-refractivity contribution is -0.110. The third-order valence-corrected chi connectivity index (χ3v) is 7.10. The molecule has 0 atom stereocenters. The molecule has 0 saturated heterocycles. The molecule has 0 aliphatic rings. The molecule has 0 fully saturated rings. The number of hydrogen-bond donors (Lipinski definition) is 0. The monoisotopic (exact) mass is 474 g/mol. The summed E-state index contributed by atoms with van der Waals surface area (Å²) in [5, 5.41) is 0. The average Bonchev–Trinajstić information content (AvgIpc) is 2.83. The number of allylic oxidation sites excluding steroid dienone is 4. The van der Waals surface area contributed by atoms with Gasteiger partial charge in [0.15, 0.2) is 5.78 Å². The molecule has 1 nitrogen and oxygen atoms in total. The normalized spacial score (nSPS) is 12.5. The molecule has 0 aromatic carbocycles. The Kier molecular flexibility index (Phi) is 26.1. The van der Waals surface area contributed by atoms with Crippen LogP contribution in [0, 0.1) is 0 Å². The van der Waals surface area contributed by atoms with Crippen molar-refractivity contribution < 1.29 is 4.79 Å². The van der Waals surface area contributed by atoms with Crippen molar-refractivity contribution in [2.75, 3.05) is 0 Å². The first-order chi connectivity index (χ1) is 16.7. The first-order valence-corrected chi connectivity index (χ1v) is 15.6. The topological polar surface area (TPSA) is 17.1 Å². The fraction of sp³-hybridized carbons (Fsp3) is 0.848. The molecule has 0 N–H and O–H groups in total. The van der Waals surface area contributed by atoms with Gasteiger partial charge in [0.05, 0.1) is 0 Å². The van der Waals surface area contributed by atoms with Crippen LogP contribution in [0.1, 0.15) is 182 Å². The van der Waals surface area contributed by atoms with Crippen LogP contribution in [0.5, 0.6) is 0 Å². The zero-order valence-electron chi connectivity index (χ0n) is 24.0. The quantitative estimate of drug-likeness (QED) is 0.0899. The molecule has 0 aromatic heterocycles. The summed E-state index contributed by atoms with van der Waals surface area (Å²) in [5.74, 6) is 0.271. The van der Waals surface area contributed by atoms with Crippen LogP contribution in [-0.4, -0.2) is 5.78 Å². The van der Waals surface area contributed by atoms with Crippen LogP contribution in [0.15, 0.2) is 23.3 Å². The molecule has 200 valence electrons. The lowest BCUT2D eigenvalue weighted by atomic mass is 9.96. The largest absolute Gasteiger partial charge is 0.290 e. The SMILES string of the molecule is CCCCCCCCC(=CC(=O)C=C(CCCCCC)CCCCCCCC)CCCCCC. The smallest absolute Gasteiger partial charge is 0.178 e. The number of rotatable bonds is 26. The van der Waals surface area contributed by atoms with Crippen molar-refractivity contribution in [2.45, 2.75) is 182 Å². The molecule has 0 aromatic rings. The molecule has 0 amide bonds. The highest BCUT2D eigenvalue weighted by atomic mass is 16.1. The molecule has 34 heavy (non-hydrogen) atoms. The van der Waals surface area contributed by atoms with E-state index >= 15 is 0 Å². The second-order valence-corrected chi connectivity index (χ2v) is 10.7. The van der Waals surface area contributed by atoms with Crippen molar-refractivity contribution in [3.05, 3.63) is 23.3 Å². The highest BCUT2D eigenvalue weighted by Crippen LogP contribution is 2.21. The number of hydrogen-bond acceptors (Lipinski definition) is 1. The minimum absolute atomic E-state index is 0.271. The summed E-state index contributed by atoms with van der Waals surface area (Å²) >= 11 is 0. The fourth-order valence-corrected chi connectivity index (χ4v) is 4.81. The van der Waals surface area contributed by atoms with Gasteiger partial charge in [0.25, 0.3) is 0 Å². The Morgan fingerprint density at radius 3 is 0.912 bits per heavy atom. The van der Waals surface area contributed by atoms with Crippen molar-refractivity contribution in [3.63, 3.8) is 0 Å². The predicted octanol–water partition coefficient (Wildman–Crippen LogP) is 11.9. The second kappa shape index (κ2) is 26.7. The lowest BCUT2D eigenvalue weighted by Crippen LogP contribution is -1.97. The Labute approximate surface area is 215 Å². The van der Waals surface area contributed by atoms with Gasteiger partial charge in [-0.2, -0.15) is 0 Å². The molecule has 0 saturated carbocycles. The van der Waals surface area contributed by atoms with Crippen LogP contribution in [0.3, 0.4) is 0 Å². The van der Waals surface area contributed by atoms with E-state index in [1.54, 1.807) is 0 Å². The number of carbonyl (C=O) groups is 1. The van der Waals surface area contributed by atoms with Crippen LogP contribution < -0.4 is 0 Å². The van der Waals surface area contributed by atoms with Crippen molar-refractivity contribution >= 4 is 5.78 Å². The Hall–Kier alpha value is -0.850. The van der Waals surface area contributed by atoms with Gasteiger partial charge in [-0.1, -0.05) is 142 Å². The molecule has 0 heterocycles. The maximum absolute atomic E-state index is 13.0. The molecule has 0 spiro atoms. The minimum atomic E-state index is 0.271. The third-order valence-electron chi connectivity index (χ3n) is 7.10. The lowest BCUT2D eigenvalue weighted by Gasteiger charge is -2.09. The van der Waals surface area contributed by atoms with Gasteiger partial charge in [0.2, 0.25) is 0 Å². The summed E-state index contributed by atoms with van der Waals surface area (Å²) in [6.07, 6.45) is 34.8. The summed E-state index contributed by atoms with van der Waals surface area (Å²) in [4.78, 5) is 13.0. The van der Waals surface area contributed by atoms with Gasteiger partial charge >= 0.3 is 0 Å². The molecule has 0 aliphatic carbocycles. The Balaban J connectivity index is 4.90. The molecule has 0 unspecified atom stereocenters. The van der Waals surface area contributed by atoms with E-state index in [-0.39, 0.29) is 5.78 Å². The standard InChI is InChI=1S/C33H62O/c1-5-9-13-17-19-23-27-31(25-21-15-11-7-3)29-33(34)30-32(26-22-16-12-8-4)28-24-20-18-14-10-6-2/h29-30H,5-28H2,1-4H3. The molecule has 0 aliphatic heterocycles. The fourth-order valence-electron chi connectivity index (χ4n) is 4.81. The average molecular weight is 475 g/mol. The molecule has 0 radical (unpaired) electrons. The van der Waals surface area contributed by atoms with E-state index in [1.807, 2.05) is 12.2 Å². The van der Waals surface area contributed by atoms with E-state index in [2.05, 4.69) is 27.7 Å².